The van der Waals surface area contributed by atoms with E-state index in [4.69, 9.17) is 5.73 Å². The third-order valence-corrected chi connectivity index (χ3v) is 3.19. The smallest absolute Gasteiger partial charge is 0.234 e. The number of benzene rings is 1. The summed E-state index contributed by atoms with van der Waals surface area (Å²) in [6.45, 7) is 3.92. The van der Waals surface area contributed by atoms with Crippen molar-refractivity contribution in [1.82, 2.24) is 14.9 Å². The highest BCUT2D eigenvalue weighted by Gasteiger charge is 2.11. The quantitative estimate of drug-likeness (QED) is 0.849. The Morgan fingerprint density at radius 3 is 2.94 bits per heavy atom. The van der Waals surface area contributed by atoms with Gasteiger partial charge in [-0.25, -0.2) is 4.98 Å². The van der Waals surface area contributed by atoms with Gasteiger partial charge in [-0.2, -0.15) is 0 Å². The Morgan fingerprint density at radius 1 is 1.56 bits per heavy atom. The van der Waals surface area contributed by atoms with Crippen molar-refractivity contribution < 1.29 is 4.79 Å². The number of nitrogens with zero attached hydrogens (tertiary/aromatic N) is 2. The highest BCUT2D eigenvalue weighted by atomic mass is 16.1. The van der Waals surface area contributed by atoms with Gasteiger partial charge in [-0.1, -0.05) is 6.07 Å². The first-order chi connectivity index (χ1) is 8.52. The minimum absolute atomic E-state index is 0.00921. The number of imidazole rings is 1. The zero-order valence-corrected chi connectivity index (χ0v) is 10.9. The minimum Gasteiger partial charge on any atom is -0.348 e. The average Bonchev–Trinajstić information content (AvgIpc) is 2.64. The predicted molar refractivity (Wildman–Crippen MR) is 71.1 cm³/mol. The van der Waals surface area contributed by atoms with Gasteiger partial charge in [-0.05, 0) is 31.5 Å². The van der Waals surface area contributed by atoms with Crippen LogP contribution in [-0.4, -0.2) is 22.0 Å². The molecule has 1 heterocycles. The van der Waals surface area contributed by atoms with Crippen LogP contribution in [-0.2, 0) is 11.8 Å². The molecule has 1 atom stereocenters. The summed E-state index contributed by atoms with van der Waals surface area (Å²) in [7, 11) is 1.99. The van der Waals surface area contributed by atoms with Crippen molar-refractivity contribution in [3.8, 4) is 0 Å². The van der Waals surface area contributed by atoms with Gasteiger partial charge in [-0.3, -0.25) is 4.79 Å². The van der Waals surface area contributed by atoms with E-state index in [0.29, 0.717) is 0 Å². The molecule has 2 aromatic rings. The molecule has 0 aliphatic heterocycles. The summed E-state index contributed by atoms with van der Waals surface area (Å²) in [6.07, 6.45) is 0. The Kier molecular flexibility index (Phi) is 3.34. The summed E-state index contributed by atoms with van der Waals surface area (Å²) in [4.78, 5) is 15.7. The van der Waals surface area contributed by atoms with Crippen molar-refractivity contribution in [2.75, 3.05) is 6.54 Å². The van der Waals surface area contributed by atoms with Gasteiger partial charge in [-0.15, -0.1) is 0 Å². The molecule has 0 bridgehead atoms. The number of aromatic nitrogens is 2. The SMILES string of the molecule is Cc1nc2cc(C(C)NC(=O)CN)ccc2n1C. The van der Waals surface area contributed by atoms with Gasteiger partial charge in [0.1, 0.15) is 5.82 Å². The van der Waals surface area contributed by atoms with Crippen LogP contribution in [0.1, 0.15) is 24.4 Å². The van der Waals surface area contributed by atoms with E-state index in [1.54, 1.807) is 0 Å². The minimum atomic E-state index is -0.153. The van der Waals surface area contributed by atoms with E-state index in [1.165, 1.54) is 0 Å². The molecular formula is C13H18N4O. The standard InChI is InChI=1S/C13H18N4O/c1-8(15-13(18)7-14)10-4-5-12-11(6-10)16-9(2)17(12)3/h4-6,8H,7,14H2,1-3H3,(H,15,18). The first kappa shape index (κ1) is 12.6. The van der Waals surface area contributed by atoms with E-state index in [-0.39, 0.29) is 18.5 Å². The lowest BCUT2D eigenvalue weighted by Crippen LogP contribution is -2.32. The number of carbonyl (C=O) groups is 1. The fourth-order valence-electron chi connectivity index (χ4n) is 1.99. The van der Waals surface area contributed by atoms with Crippen molar-refractivity contribution in [2.45, 2.75) is 19.9 Å². The van der Waals surface area contributed by atoms with Crippen LogP contribution in [0.15, 0.2) is 18.2 Å². The van der Waals surface area contributed by atoms with Crippen LogP contribution in [0.4, 0.5) is 0 Å². The molecule has 5 nitrogen and oxygen atoms in total. The first-order valence-corrected chi connectivity index (χ1v) is 5.95. The normalized spacial score (nSPS) is 12.7. The number of carbonyl (C=O) groups excluding carboxylic acids is 1. The number of rotatable bonds is 3. The summed E-state index contributed by atoms with van der Waals surface area (Å²) in [5.74, 6) is 0.820. The highest BCUT2D eigenvalue weighted by molar-refractivity contribution is 5.79. The second kappa shape index (κ2) is 4.78. The van der Waals surface area contributed by atoms with E-state index in [9.17, 15) is 4.79 Å². The van der Waals surface area contributed by atoms with Crippen molar-refractivity contribution in [1.29, 1.82) is 0 Å². The van der Waals surface area contributed by atoms with Crippen molar-refractivity contribution in [2.24, 2.45) is 12.8 Å². The molecule has 1 unspecified atom stereocenters. The molecule has 96 valence electrons. The van der Waals surface area contributed by atoms with Gasteiger partial charge in [0.2, 0.25) is 5.91 Å². The van der Waals surface area contributed by atoms with E-state index >= 15 is 0 Å². The van der Waals surface area contributed by atoms with Crippen LogP contribution in [0, 0.1) is 6.92 Å². The van der Waals surface area contributed by atoms with E-state index < -0.39 is 0 Å². The molecule has 0 radical (unpaired) electrons. The van der Waals surface area contributed by atoms with Crippen molar-refractivity contribution in [3.05, 3.63) is 29.6 Å². The van der Waals surface area contributed by atoms with Gasteiger partial charge in [0.05, 0.1) is 23.6 Å². The summed E-state index contributed by atoms with van der Waals surface area (Å²) in [5, 5.41) is 2.83. The maximum Gasteiger partial charge on any atom is 0.234 e. The number of nitrogens with two attached hydrogens (primary N) is 1. The number of fused-ring (bicyclic) bond motifs is 1. The Hall–Kier alpha value is -1.88. The Morgan fingerprint density at radius 2 is 2.28 bits per heavy atom. The fraction of sp³-hybridized carbons (Fsp3) is 0.385. The molecule has 3 N–H and O–H groups in total. The number of nitrogens with one attached hydrogen (secondary N) is 1. The molecular weight excluding hydrogens is 228 g/mol. The van der Waals surface area contributed by atoms with Crippen LogP contribution in [0.3, 0.4) is 0 Å². The summed E-state index contributed by atoms with van der Waals surface area (Å²) < 4.78 is 2.04. The topological polar surface area (TPSA) is 72.9 Å². The van der Waals surface area contributed by atoms with E-state index in [1.807, 2.05) is 43.7 Å². The van der Waals surface area contributed by atoms with Crippen LogP contribution in [0.25, 0.3) is 11.0 Å². The molecule has 0 aliphatic carbocycles. The molecule has 1 aromatic carbocycles. The third kappa shape index (κ3) is 2.22. The number of hydrogen-bond donors (Lipinski definition) is 2. The van der Waals surface area contributed by atoms with Gasteiger partial charge in [0, 0.05) is 7.05 Å². The summed E-state index contributed by atoms with van der Waals surface area (Å²) in [5.41, 5.74) is 8.35. The number of aryl methyl sites for hydroxylation is 2. The fourth-order valence-corrected chi connectivity index (χ4v) is 1.99. The highest BCUT2D eigenvalue weighted by Crippen LogP contribution is 2.20. The van der Waals surface area contributed by atoms with Gasteiger partial charge in [0.15, 0.2) is 0 Å². The number of hydrogen-bond acceptors (Lipinski definition) is 3. The molecule has 0 saturated carbocycles. The van der Waals surface area contributed by atoms with Crippen LogP contribution < -0.4 is 11.1 Å². The molecule has 1 amide bonds. The zero-order valence-electron chi connectivity index (χ0n) is 10.9. The average molecular weight is 246 g/mol. The predicted octanol–water partition coefficient (Wildman–Crippen LogP) is 1.02. The van der Waals surface area contributed by atoms with E-state index in [2.05, 4.69) is 10.3 Å². The number of amides is 1. The lowest BCUT2D eigenvalue weighted by Gasteiger charge is -2.13. The lowest BCUT2D eigenvalue weighted by molar-refractivity contribution is -0.120. The summed E-state index contributed by atoms with van der Waals surface area (Å²) >= 11 is 0. The van der Waals surface area contributed by atoms with Gasteiger partial charge in [0.25, 0.3) is 0 Å². The van der Waals surface area contributed by atoms with Crippen molar-refractivity contribution in [3.63, 3.8) is 0 Å². The Labute approximate surface area is 106 Å². The maximum atomic E-state index is 11.3. The molecule has 2 rings (SSSR count). The monoisotopic (exact) mass is 246 g/mol. The van der Waals surface area contributed by atoms with Crippen LogP contribution >= 0.6 is 0 Å². The second-order valence-corrected chi connectivity index (χ2v) is 4.46. The maximum absolute atomic E-state index is 11.3. The lowest BCUT2D eigenvalue weighted by atomic mass is 10.1. The first-order valence-electron chi connectivity index (χ1n) is 5.95. The van der Waals surface area contributed by atoms with Crippen molar-refractivity contribution >= 4 is 16.9 Å². The zero-order chi connectivity index (χ0) is 13.3. The molecule has 1 aromatic heterocycles. The Balaban J connectivity index is 2.32. The Bertz CT molecular complexity index is 588. The largest absolute Gasteiger partial charge is 0.348 e. The molecule has 0 fully saturated rings. The molecule has 18 heavy (non-hydrogen) atoms. The van der Waals surface area contributed by atoms with E-state index in [0.717, 1.165) is 22.4 Å². The van der Waals surface area contributed by atoms with Gasteiger partial charge >= 0.3 is 0 Å². The second-order valence-electron chi connectivity index (χ2n) is 4.46. The molecule has 5 heteroatoms. The third-order valence-electron chi connectivity index (χ3n) is 3.19. The van der Waals surface area contributed by atoms with Crippen LogP contribution in [0.2, 0.25) is 0 Å². The van der Waals surface area contributed by atoms with Gasteiger partial charge < -0.3 is 15.6 Å². The molecule has 0 saturated heterocycles. The van der Waals surface area contributed by atoms with Crippen LogP contribution in [0.5, 0.6) is 0 Å². The molecule has 0 aliphatic rings. The summed E-state index contributed by atoms with van der Waals surface area (Å²) in [6, 6.07) is 5.97. The molecule has 0 spiro atoms.